The van der Waals surface area contributed by atoms with Crippen LogP contribution >= 0.6 is 37.2 Å². The predicted octanol–water partition coefficient (Wildman–Crippen LogP) is 0.866. The van der Waals surface area contributed by atoms with Crippen molar-refractivity contribution >= 4 is 66.0 Å². The molecular formula is C29H45N9O14P2S2. The topological polar surface area (TPSA) is 330 Å². The van der Waals surface area contributed by atoms with Crippen LogP contribution in [-0.2, 0) is 41.7 Å². The lowest BCUT2D eigenvalue weighted by Gasteiger charge is -2.24. The number of aliphatic hydroxyl groups is 1. The molecule has 2 saturated heterocycles. The van der Waals surface area contributed by atoms with Gasteiger partial charge in [-0.15, -0.1) is 0 Å². The van der Waals surface area contributed by atoms with Gasteiger partial charge in [0.05, 0.1) is 19.5 Å². The molecule has 5 rings (SSSR count). The highest BCUT2D eigenvalue weighted by molar-refractivity contribution is 8.77. The zero-order valence-corrected chi connectivity index (χ0v) is 33.8. The summed E-state index contributed by atoms with van der Waals surface area (Å²) in [5.74, 6) is 0.171. The van der Waals surface area contributed by atoms with Gasteiger partial charge in [0.25, 0.3) is 0 Å². The molecule has 2 aliphatic heterocycles. The number of nitrogens with one attached hydrogen (secondary N) is 1. The van der Waals surface area contributed by atoms with E-state index in [0.29, 0.717) is 13.0 Å². The van der Waals surface area contributed by atoms with Crippen molar-refractivity contribution < 1.29 is 61.5 Å². The average molecular weight is 870 g/mol. The molecule has 2 fully saturated rings. The van der Waals surface area contributed by atoms with Crippen LogP contribution in [0.3, 0.4) is 0 Å². The molecule has 3 aromatic rings. The molecule has 0 bridgehead atoms. The molecule has 9 N–H and O–H groups in total. The van der Waals surface area contributed by atoms with E-state index in [1.807, 2.05) is 0 Å². The molecule has 0 aromatic carbocycles. The Morgan fingerprint density at radius 3 is 2.54 bits per heavy atom. The van der Waals surface area contributed by atoms with Crippen molar-refractivity contribution in [1.82, 2.24) is 34.4 Å². The van der Waals surface area contributed by atoms with E-state index in [4.69, 9.17) is 34.7 Å². The van der Waals surface area contributed by atoms with Gasteiger partial charge in [0.15, 0.2) is 23.8 Å². The number of hydrogen-bond donors (Lipinski definition) is 7. The number of ether oxygens (including phenoxy) is 3. The molecule has 0 aliphatic carbocycles. The van der Waals surface area contributed by atoms with Gasteiger partial charge in [0.2, 0.25) is 0 Å². The van der Waals surface area contributed by atoms with E-state index in [2.05, 4.69) is 50.5 Å². The van der Waals surface area contributed by atoms with Crippen LogP contribution in [-0.4, -0.2) is 122 Å². The summed E-state index contributed by atoms with van der Waals surface area (Å²) < 4.78 is 59.8. The van der Waals surface area contributed by atoms with Gasteiger partial charge < -0.3 is 50.8 Å². The van der Waals surface area contributed by atoms with Crippen LogP contribution in [0, 0.1) is 0 Å². The number of phosphoric acid groups is 2. The van der Waals surface area contributed by atoms with Crippen LogP contribution in [0.1, 0.15) is 52.5 Å². The van der Waals surface area contributed by atoms with Crippen LogP contribution in [0.5, 0.6) is 0 Å². The van der Waals surface area contributed by atoms with Crippen molar-refractivity contribution in [1.29, 1.82) is 0 Å². The molecule has 0 amide bonds. The number of anilines is 2. The van der Waals surface area contributed by atoms with E-state index in [1.165, 1.54) is 29.5 Å². The number of aromatic nitrogens is 6. The lowest BCUT2D eigenvalue weighted by atomic mass is 10.1. The Morgan fingerprint density at radius 2 is 1.82 bits per heavy atom. The Morgan fingerprint density at radius 1 is 1.07 bits per heavy atom. The molecule has 2 unspecified atom stereocenters. The number of hydrogen-bond acceptors (Lipinski definition) is 20. The van der Waals surface area contributed by atoms with Gasteiger partial charge in [-0.25, -0.2) is 28.9 Å². The summed E-state index contributed by atoms with van der Waals surface area (Å²) in [4.78, 5) is 70.6. The highest BCUT2D eigenvalue weighted by Crippen LogP contribution is 2.50. The first-order valence-corrected chi connectivity index (χ1v) is 22.5. The fourth-order valence-electron chi connectivity index (χ4n) is 5.63. The van der Waals surface area contributed by atoms with Crippen LogP contribution in [0.25, 0.3) is 11.2 Å². The summed E-state index contributed by atoms with van der Waals surface area (Å²) in [6.45, 7) is 6.08. The van der Waals surface area contributed by atoms with Gasteiger partial charge in [0, 0.05) is 36.1 Å². The van der Waals surface area contributed by atoms with Crippen molar-refractivity contribution in [2.75, 3.05) is 43.5 Å². The van der Waals surface area contributed by atoms with Crippen molar-refractivity contribution in [3.63, 3.8) is 0 Å². The maximum absolute atomic E-state index is 13.4. The van der Waals surface area contributed by atoms with E-state index >= 15 is 0 Å². The highest BCUT2D eigenvalue weighted by Gasteiger charge is 2.49. The number of aliphatic hydroxyl groups excluding tert-OH is 1. The first kappa shape index (κ1) is 44.4. The average Bonchev–Trinajstić information content (AvgIpc) is 3.79. The van der Waals surface area contributed by atoms with E-state index in [0.717, 1.165) is 16.9 Å². The number of esters is 1. The summed E-state index contributed by atoms with van der Waals surface area (Å²) in [5, 5.41) is 14.7. The molecule has 2 aliphatic rings. The summed E-state index contributed by atoms with van der Waals surface area (Å²) >= 11 is 0. The van der Waals surface area contributed by atoms with E-state index in [-0.39, 0.29) is 40.4 Å². The first-order chi connectivity index (χ1) is 26.3. The Labute approximate surface area is 327 Å². The standard InChI is InChI=1S/C29H45N9O14P2S2/c1-29(2,3)56-55-10-8-32-7-4-5-21(39)51-24-18(50-27(23(24)40)38-15-35-22-25(31)33-14-34-26(22)38)13-48-54(45,46)52-16-11-20(37-9-6-19(30)36-28(37)41)49-17(16)12-47-53(42,43)44/h6,9,14-18,20,23-24,27,32,40H,4-5,7-8,10-13H2,1-3H3,(H,45,46)(H2,30,36,41)(H2,31,33,34)(H2,42,43,44)/t16-,17+,18+,20?,23+,24+,27+/m0/s1. The molecule has 0 spiro atoms. The van der Waals surface area contributed by atoms with E-state index in [1.54, 1.807) is 21.6 Å². The number of rotatable bonds is 19. The molecule has 312 valence electrons. The number of imidazole rings is 1. The minimum atomic E-state index is -5.11. The second-order valence-corrected chi connectivity index (χ2v) is 19.5. The predicted molar refractivity (Wildman–Crippen MR) is 202 cm³/mol. The van der Waals surface area contributed by atoms with Crippen molar-refractivity contribution in [3.8, 4) is 0 Å². The second-order valence-electron chi connectivity index (χ2n) is 13.6. The Balaban J connectivity index is 1.25. The molecule has 23 nitrogen and oxygen atoms in total. The number of phosphoric ester groups is 2. The Kier molecular flexibility index (Phi) is 15.0. The Bertz CT molecular complexity index is 1970. The van der Waals surface area contributed by atoms with Gasteiger partial charge in [-0.05, 0) is 19.0 Å². The van der Waals surface area contributed by atoms with Crippen LogP contribution in [0.4, 0.5) is 11.6 Å². The van der Waals surface area contributed by atoms with Crippen molar-refractivity contribution in [2.45, 2.75) is 87.8 Å². The number of fused-ring (bicyclic) bond motifs is 1. The fraction of sp³-hybridized carbons (Fsp3) is 0.655. The van der Waals surface area contributed by atoms with Crippen molar-refractivity contribution in [3.05, 3.63) is 35.4 Å². The molecule has 0 saturated carbocycles. The molecule has 8 atom stereocenters. The summed E-state index contributed by atoms with van der Waals surface area (Å²) in [7, 11) is -6.60. The third-order valence-electron chi connectivity index (χ3n) is 8.06. The van der Waals surface area contributed by atoms with Crippen LogP contribution in [0.15, 0.2) is 29.7 Å². The monoisotopic (exact) mass is 869 g/mol. The minimum absolute atomic E-state index is 0.0226. The smallest absolute Gasteiger partial charge is 0.457 e. The molecule has 56 heavy (non-hydrogen) atoms. The van der Waals surface area contributed by atoms with Gasteiger partial charge in [0.1, 0.15) is 48.3 Å². The Hall–Kier alpha value is -2.74. The van der Waals surface area contributed by atoms with Crippen molar-refractivity contribution in [2.24, 2.45) is 0 Å². The number of carbonyl (C=O) groups is 1. The number of nitrogens with two attached hydrogens (primary N) is 2. The lowest BCUT2D eigenvalue weighted by Crippen LogP contribution is -2.38. The molecule has 0 radical (unpaired) electrons. The first-order valence-electron chi connectivity index (χ1n) is 17.1. The summed E-state index contributed by atoms with van der Waals surface area (Å²) in [5.41, 5.74) is 11.0. The van der Waals surface area contributed by atoms with Crippen LogP contribution < -0.4 is 22.5 Å². The van der Waals surface area contributed by atoms with Gasteiger partial charge in [-0.1, -0.05) is 42.4 Å². The molecule has 27 heteroatoms. The largest absolute Gasteiger partial charge is 0.472 e. The minimum Gasteiger partial charge on any atom is -0.457 e. The van der Waals surface area contributed by atoms with E-state index < -0.39 is 83.5 Å². The third kappa shape index (κ3) is 12.4. The lowest BCUT2D eigenvalue weighted by molar-refractivity contribution is -0.156. The van der Waals surface area contributed by atoms with Gasteiger partial charge in [-0.2, -0.15) is 4.98 Å². The summed E-state index contributed by atoms with van der Waals surface area (Å²) in [6.07, 6.45) is -5.77. The third-order valence-corrected chi connectivity index (χ3v) is 12.9. The zero-order chi connectivity index (χ0) is 40.8. The maximum Gasteiger partial charge on any atom is 0.472 e. The maximum atomic E-state index is 13.4. The summed E-state index contributed by atoms with van der Waals surface area (Å²) in [6, 6.07) is 1.30. The normalized spacial score (nSPS) is 25.4. The fourth-order valence-corrected chi connectivity index (χ4v) is 9.15. The quantitative estimate of drug-likeness (QED) is 0.0380. The molecule has 3 aromatic heterocycles. The molecule has 5 heterocycles. The number of carbonyl (C=O) groups excluding carboxylic acids is 1. The second kappa shape index (κ2) is 18.9. The highest BCUT2D eigenvalue weighted by atomic mass is 33.1. The number of nitrogen functional groups attached to an aromatic ring is 2. The van der Waals surface area contributed by atoms with E-state index in [9.17, 15) is 38.5 Å². The van der Waals surface area contributed by atoms with Gasteiger partial charge in [-0.3, -0.25) is 27.5 Å². The molecular weight excluding hydrogens is 824 g/mol. The SMILES string of the molecule is CC(C)(C)SSCCNCCCC(=O)O[C@H]1[C@@H](O)[C@H](n2cnc3c(N)ncnc32)O[C@@H]1COP(=O)(O)O[C@H]1CC(n2ccc(N)nc2=O)O[C@@H]1COP(=O)(O)O. The zero-order valence-electron chi connectivity index (χ0n) is 30.4. The van der Waals surface area contributed by atoms with Crippen LogP contribution in [0.2, 0.25) is 0 Å². The van der Waals surface area contributed by atoms with Gasteiger partial charge >= 0.3 is 27.3 Å². The number of nitrogens with zero attached hydrogens (tertiary/aromatic N) is 6.